The highest BCUT2D eigenvalue weighted by Gasteiger charge is 2.19. The summed E-state index contributed by atoms with van der Waals surface area (Å²) in [6.45, 7) is 2.00. The van der Waals surface area contributed by atoms with E-state index in [0.29, 0.717) is 22.9 Å². The van der Waals surface area contributed by atoms with Crippen LogP contribution in [0.2, 0.25) is 5.02 Å². The molecule has 1 atom stereocenters. The third-order valence-corrected chi connectivity index (χ3v) is 3.61. The molecule has 7 heteroatoms. The molecule has 1 aromatic carbocycles. The minimum Gasteiger partial charge on any atom is -0.480 e. The molecule has 0 fully saturated rings. The molecule has 5 nitrogen and oxygen atoms in total. The monoisotopic (exact) mass is 316 g/mol. The molecule has 2 amide bonds. The maximum Gasteiger partial charge on any atom is 0.326 e. The second kappa shape index (κ2) is 8.71. The SMILES string of the molecule is CCSCCC(NC(=O)Nc1cccc(Cl)c1)C(=O)O. The van der Waals surface area contributed by atoms with Crippen molar-refractivity contribution in [1.82, 2.24) is 5.32 Å². The average Bonchev–Trinajstić information content (AvgIpc) is 2.37. The van der Waals surface area contributed by atoms with Gasteiger partial charge in [-0.25, -0.2) is 9.59 Å². The zero-order chi connectivity index (χ0) is 15.0. The molecule has 1 rings (SSSR count). The van der Waals surface area contributed by atoms with E-state index in [1.807, 2.05) is 6.92 Å². The number of hydrogen-bond acceptors (Lipinski definition) is 3. The summed E-state index contributed by atoms with van der Waals surface area (Å²) >= 11 is 7.43. The number of carbonyl (C=O) groups excluding carboxylic acids is 1. The highest BCUT2D eigenvalue weighted by atomic mass is 35.5. The summed E-state index contributed by atoms with van der Waals surface area (Å²) in [5.41, 5.74) is 0.516. The molecular weight excluding hydrogens is 300 g/mol. The first-order valence-corrected chi connectivity index (χ1v) is 7.69. The number of benzene rings is 1. The lowest BCUT2D eigenvalue weighted by Gasteiger charge is -2.15. The number of hydrogen-bond donors (Lipinski definition) is 3. The van der Waals surface area contributed by atoms with Crippen LogP contribution in [0.15, 0.2) is 24.3 Å². The van der Waals surface area contributed by atoms with Gasteiger partial charge in [0.15, 0.2) is 0 Å². The maximum absolute atomic E-state index is 11.7. The Balaban J connectivity index is 2.51. The van der Waals surface area contributed by atoms with Crippen molar-refractivity contribution in [3.63, 3.8) is 0 Å². The van der Waals surface area contributed by atoms with Gasteiger partial charge in [-0.1, -0.05) is 24.6 Å². The van der Waals surface area contributed by atoms with Gasteiger partial charge in [0.1, 0.15) is 6.04 Å². The molecular formula is C13H17ClN2O3S. The summed E-state index contributed by atoms with van der Waals surface area (Å²) in [7, 11) is 0. The van der Waals surface area contributed by atoms with E-state index in [2.05, 4.69) is 10.6 Å². The minimum absolute atomic E-state index is 0.386. The van der Waals surface area contributed by atoms with Crippen molar-refractivity contribution in [2.24, 2.45) is 0 Å². The number of carboxylic acids is 1. The Hall–Kier alpha value is -1.40. The first-order valence-electron chi connectivity index (χ1n) is 6.16. The van der Waals surface area contributed by atoms with Crippen LogP contribution in [0.4, 0.5) is 10.5 Å². The average molecular weight is 317 g/mol. The van der Waals surface area contributed by atoms with E-state index < -0.39 is 18.0 Å². The van der Waals surface area contributed by atoms with Gasteiger partial charge >= 0.3 is 12.0 Å². The van der Waals surface area contributed by atoms with E-state index in [-0.39, 0.29) is 0 Å². The van der Waals surface area contributed by atoms with Gasteiger partial charge in [0, 0.05) is 10.7 Å². The van der Waals surface area contributed by atoms with E-state index in [0.717, 1.165) is 5.75 Å². The fraction of sp³-hybridized carbons (Fsp3) is 0.385. The van der Waals surface area contributed by atoms with Crippen LogP contribution >= 0.6 is 23.4 Å². The number of thioether (sulfide) groups is 1. The van der Waals surface area contributed by atoms with Crippen molar-refractivity contribution in [1.29, 1.82) is 0 Å². The van der Waals surface area contributed by atoms with Crippen LogP contribution in [-0.4, -0.2) is 34.7 Å². The predicted molar refractivity (Wildman–Crippen MR) is 82.6 cm³/mol. The van der Waals surface area contributed by atoms with E-state index in [9.17, 15) is 9.59 Å². The molecule has 0 aliphatic rings. The number of amides is 2. The number of carbonyl (C=O) groups is 2. The second-order valence-electron chi connectivity index (χ2n) is 3.99. The highest BCUT2D eigenvalue weighted by Crippen LogP contribution is 2.14. The van der Waals surface area contributed by atoms with E-state index in [4.69, 9.17) is 16.7 Å². The summed E-state index contributed by atoms with van der Waals surface area (Å²) in [6.07, 6.45) is 0.386. The van der Waals surface area contributed by atoms with Crippen molar-refractivity contribution in [3.8, 4) is 0 Å². The molecule has 0 aromatic heterocycles. The summed E-state index contributed by atoms with van der Waals surface area (Å²) in [4.78, 5) is 22.8. The number of carboxylic acid groups (broad SMARTS) is 1. The third kappa shape index (κ3) is 6.16. The van der Waals surface area contributed by atoms with Crippen molar-refractivity contribution in [3.05, 3.63) is 29.3 Å². The number of aliphatic carboxylic acids is 1. The van der Waals surface area contributed by atoms with Crippen molar-refractivity contribution in [2.45, 2.75) is 19.4 Å². The van der Waals surface area contributed by atoms with Gasteiger partial charge < -0.3 is 15.7 Å². The van der Waals surface area contributed by atoms with Gasteiger partial charge in [0.2, 0.25) is 0 Å². The van der Waals surface area contributed by atoms with Gasteiger partial charge in [-0.05, 0) is 36.1 Å². The van der Waals surface area contributed by atoms with Gasteiger partial charge in [-0.2, -0.15) is 11.8 Å². The molecule has 0 saturated heterocycles. The molecule has 20 heavy (non-hydrogen) atoms. The molecule has 1 unspecified atom stereocenters. The van der Waals surface area contributed by atoms with E-state index in [1.165, 1.54) is 0 Å². The molecule has 3 N–H and O–H groups in total. The van der Waals surface area contributed by atoms with Crippen molar-refractivity contribution < 1.29 is 14.7 Å². The number of rotatable bonds is 7. The molecule has 0 radical (unpaired) electrons. The molecule has 0 spiro atoms. The second-order valence-corrected chi connectivity index (χ2v) is 5.82. The molecule has 0 bridgehead atoms. The summed E-state index contributed by atoms with van der Waals surface area (Å²) < 4.78 is 0. The maximum atomic E-state index is 11.7. The summed E-state index contributed by atoms with van der Waals surface area (Å²) in [6, 6.07) is 5.20. The number of nitrogens with one attached hydrogen (secondary N) is 2. The van der Waals surface area contributed by atoms with Gasteiger partial charge in [0.25, 0.3) is 0 Å². The van der Waals surface area contributed by atoms with Crippen molar-refractivity contribution >= 4 is 41.1 Å². The molecule has 0 saturated carbocycles. The Labute approximate surface area is 127 Å². The van der Waals surface area contributed by atoms with E-state index >= 15 is 0 Å². The summed E-state index contributed by atoms with van der Waals surface area (Å²) in [5.74, 6) is 0.564. The van der Waals surface area contributed by atoms with Crippen LogP contribution in [0.1, 0.15) is 13.3 Å². The zero-order valence-corrected chi connectivity index (χ0v) is 12.6. The molecule has 0 aliphatic carbocycles. The van der Waals surface area contributed by atoms with Crippen LogP contribution in [0, 0.1) is 0 Å². The first-order chi connectivity index (χ1) is 9.52. The fourth-order valence-electron chi connectivity index (χ4n) is 1.49. The van der Waals surface area contributed by atoms with Crippen LogP contribution in [0.5, 0.6) is 0 Å². The molecule has 1 aromatic rings. The predicted octanol–water partition coefficient (Wildman–Crippen LogP) is 3.06. The minimum atomic E-state index is -1.04. The third-order valence-electron chi connectivity index (χ3n) is 2.44. The zero-order valence-electron chi connectivity index (χ0n) is 11.1. The Kier molecular flexibility index (Phi) is 7.25. The Morgan fingerprint density at radius 3 is 2.80 bits per heavy atom. The van der Waals surface area contributed by atoms with Crippen LogP contribution in [-0.2, 0) is 4.79 Å². The standard InChI is InChI=1S/C13H17ClN2O3S/c1-2-20-7-6-11(12(17)18)16-13(19)15-10-5-3-4-9(14)8-10/h3-5,8,11H,2,6-7H2,1H3,(H,17,18)(H2,15,16,19). The Morgan fingerprint density at radius 1 is 1.45 bits per heavy atom. The van der Waals surface area contributed by atoms with Gasteiger partial charge in [-0.15, -0.1) is 0 Å². The van der Waals surface area contributed by atoms with Crippen LogP contribution in [0.3, 0.4) is 0 Å². The van der Waals surface area contributed by atoms with Crippen LogP contribution < -0.4 is 10.6 Å². The number of halogens is 1. The van der Waals surface area contributed by atoms with Gasteiger partial charge in [0.05, 0.1) is 0 Å². The number of anilines is 1. The van der Waals surface area contributed by atoms with Crippen LogP contribution in [0.25, 0.3) is 0 Å². The fourth-order valence-corrected chi connectivity index (χ4v) is 2.38. The quantitative estimate of drug-likeness (QED) is 0.676. The lowest BCUT2D eigenvalue weighted by atomic mass is 10.2. The largest absolute Gasteiger partial charge is 0.480 e. The lowest BCUT2D eigenvalue weighted by Crippen LogP contribution is -2.43. The molecule has 0 heterocycles. The lowest BCUT2D eigenvalue weighted by molar-refractivity contribution is -0.139. The molecule has 0 aliphatic heterocycles. The number of urea groups is 1. The highest BCUT2D eigenvalue weighted by molar-refractivity contribution is 7.99. The van der Waals surface area contributed by atoms with Gasteiger partial charge in [-0.3, -0.25) is 0 Å². The Morgan fingerprint density at radius 2 is 2.20 bits per heavy atom. The normalized spacial score (nSPS) is 11.7. The Bertz CT molecular complexity index is 471. The smallest absolute Gasteiger partial charge is 0.326 e. The van der Waals surface area contributed by atoms with E-state index in [1.54, 1.807) is 36.0 Å². The molecule has 110 valence electrons. The van der Waals surface area contributed by atoms with Crippen molar-refractivity contribution in [2.75, 3.05) is 16.8 Å². The summed E-state index contributed by atoms with van der Waals surface area (Å²) in [5, 5.41) is 14.5. The first kappa shape index (κ1) is 16.7. The topological polar surface area (TPSA) is 78.4 Å².